The predicted molar refractivity (Wildman–Crippen MR) is 285 cm³/mol. The van der Waals surface area contributed by atoms with Gasteiger partial charge in [0.05, 0.1) is 28.1 Å². The van der Waals surface area contributed by atoms with E-state index in [1.54, 1.807) is 0 Å². The Balaban J connectivity index is 1.16. The Bertz CT molecular complexity index is 3470. The van der Waals surface area contributed by atoms with Crippen molar-refractivity contribution in [1.29, 1.82) is 0 Å². The molecule has 69 heavy (non-hydrogen) atoms. The first-order chi connectivity index (χ1) is 32.9. The van der Waals surface area contributed by atoms with Crippen molar-refractivity contribution in [2.75, 3.05) is 0 Å². The fourth-order valence-corrected chi connectivity index (χ4v) is 9.64. The molecule has 0 unspecified atom stereocenters. The van der Waals surface area contributed by atoms with Crippen LogP contribution in [0.15, 0.2) is 194 Å². The zero-order valence-electron chi connectivity index (χ0n) is 41.7. The van der Waals surface area contributed by atoms with Crippen LogP contribution in [0.1, 0.15) is 103 Å². The highest BCUT2D eigenvalue weighted by molar-refractivity contribution is 6.09. The van der Waals surface area contributed by atoms with E-state index < -0.39 is 0 Å². The molecule has 3 aromatic heterocycles. The van der Waals surface area contributed by atoms with Crippen molar-refractivity contribution in [3.63, 3.8) is 0 Å². The number of fused-ring (bicyclic) bond motifs is 3. The van der Waals surface area contributed by atoms with E-state index in [4.69, 9.17) is 9.72 Å². The summed E-state index contributed by atoms with van der Waals surface area (Å²) < 4.78 is 13.8. The van der Waals surface area contributed by atoms with Gasteiger partial charge in [0.15, 0.2) is 0 Å². The summed E-state index contributed by atoms with van der Waals surface area (Å²) in [7, 11) is 0. The lowest BCUT2D eigenvalue weighted by molar-refractivity contribution is -0.599. The first-order valence-electron chi connectivity index (χ1n) is 24.2. The van der Waals surface area contributed by atoms with Crippen molar-refractivity contribution in [3.8, 4) is 39.9 Å². The van der Waals surface area contributed by atoms with Gasteiger partial charge in [-0.1, -0.05) is 184 Å². The van der Waals surface area contributed by atoms with Crippen molar-refractivity contribution in [2.45, 2.75) is 90.9 Å². The maximum absolute atomic E-state index is 7.10. The molecular formula is C64H62N4O. The molecule has 3 heterocycles. The molecule has 0 amide bonds. The quantitative estimate of drug-likeness (QED) is 0.101. The normalized spacial score (nSPS) is 12.5. The zero-order chi connectivity index (χ0) is 48.3. The van der Waals surface area contributed by atoms with Crippen molar-refractivity contribution >= 4 is 21.8 Å². The van der Waals surface area contributed by atoms with E-state index in [1.165, 1.54) is 33.2 Å². The second-order valence-electron chi connectivity index (χ2n) is 21.7. The van der Waals surface area contributed by atoms with Crippen LogP contribution in [0.25, 0.3) is 50.3 Å². The van der Waals surface area contributed by atoms with E-state index in [1.807, 2.05) is 6.20 Å². The van der Waals surface area contributed by atoms with Crippen LogP contribution >= 0.6 is 0 Å². The third-order valence-corrected chi connectivity index (χ3v) is 14.1. The van der Waals surface area contributed by atoms with E-state index in [9.17, 15) is 0 Å². The highest BCUT2D eigenvalue weighted by atomic mass is 16.5. The van der Waals surface area contributed by atoms with Crippen LogP contribution in [0.5, 0.6) is 11.5 Å². The standard InChI is InChI=1S/C64H62N4O/c1-61(2,3)47-32-33-65-60(39-47)68-57-29-21-20-28-55(57)56-31-30-53(41-58(56)68)69-54-38-50(64(9,10)46-26-18-13-19-27-46)37-52(40-54)67-43-66(42-59(67)44-22-14-11-15-23-44)51-35-48(62(4,5)6)34-49(36-51)63(7,8)45-24-16-12-17-25-45/h11-42H,1-10H3. The molecule has 5 nitrogen and oxygen atoms in total. The maximum Gasteiger partial charge on any atom is 0.269 e. The van der Waals surface area contributed by atoms with E-state index in [0.29, 0.717) is 0 Å². The molecule has 0 saturated heterocycles. The summed E-state index contributed by atoms with van der Waals surface area (Å²) >= 11 is 0. The van der Waals surface area contributed by atoms with Gasteiger partial charge in [0, 0.05) is 40.1 Å². The molecule has 0 spiro atoms. The van der Waals surface area contributed by atoms with Gasteiger partial charge in [-0.05, 0) is 110 Å². The van der Waals surface area contributed by atoms with E-state index in [2.05, 4.69) is 277 Å². The summed E-state index contributed by atoms with van der Waals surface area (Å²) in [5, 5.41) is 2.31. The van der Waals surface area contributed by atoms with Crippen molar-refractivity contribution in [1.82, 2.24) is 14.1 Å². The van der Waals surface area contributed by atoms with Crippen LogP contribution in [-0.2, 0) is 21.7 Å². The Hall–Kier alpha value is -7.50. The fraction of sp³-hybridized carbons (Fsp3) is 0.219. The molecule has 0 atom stereocenters. The second-order valence-corrected chi connectivity index (χ2v) is 21.7. The number of imidazole rings is 1. The van der Waals surface area contributed by atoms with Crippen LogP contribution in [-0.4, -0.2) is 14.1 Å². The molecule has 0 fully saturated rings. The van der Waals surface area contributed by atoms with Gasteiger partial charge >= 0.3 is 0 Å². The third-order valence-electron chi connectivity index (χ3n) is 14.1. The average molecular weight is 903 g/mol. The molecule has 10 rings (SSSR count). The van der Waals surface area contributed by atoms with Crippen LogP contribution in [0.3, 0.4) is 0 Å². The fourth-order valence-electron chi connectivity index (χ4n) is 9.64. The Labute approximate surface area is 408 Å². The molecular weight excluding hydrogens is 841 g/mol. The molecule has 0 radical (unpaired) electrons. The molecule has 0 saturated carbocycles. The number of nitrogens with zero attached hydrogens (tertiary/aromatic N) is 4. The summed E-state index contributed by atoms with van der Waals surface area (Å²) in [5.41, 5.74) is 12.9. The first-order valence-corrected chi connectivity index (χ1v) is 24.2. The van der Waals surface area contributed by atoms with Gasteiger partial charge in [0.2, 0.25) is 0 Å². The third kappa shape index (κ3) is 8.67. The molecule has 0 aliphatic heterocycles. The van der Waals surface area contributed by atoms with Gasteiger partial charge in [-0.15, -0.1) is 0 Å². The Morgan fingerprint density at radius 3 is 1.70 bits per heavy atom. The Morgan fingerprint density at radius 1 is 0.464 bits per heavy atom. The molecule has 0 aliphatic carbocycles. The number of rotatable bonds is 10. The van der Waals surface area contributed by atoms with Crippen LogP contribution in [0.4, 0.5) is 0 Å². The summed E-state index contributed by atoms with van der Waals surface area (Å²) in [4.78, 5) is 4.94. The number of ether oxygens (including phenoxy) is 1. The topological polar surface area (TPSA) is 35.9 Å². The molecule has 7 aromatic carbocycles. The van der Waals surface area contributed by atoms with Gasteiger partial charge < -0.3 is 4.74 Å². The number of hydrogen-bond donors (Lipinski definition) is 0. The predicted octanol–water partition coefficient (Wildman–Crippen LogP) is 15.8. The number of para-hydroxylation sites is 1. The van der Waals surface area contributed by atoms with Crippen molar-refractivity contribution < 1.29 is 9.30 Å². The lowest BCUT2D eigenvalue weighted by atomic mass is 9.75. The SMILES string of the molecule is CC(C)(C)c1cc(-[n+]2[c-]n(-c3cc(Oc4ccc5c6ccccc6n(-c6cc(C(C)(C)C)ccn6)c5c4)cc(C(C)(C)c4ccccc4)c3)c(-c3ccccc3)c2)cc(C(C)(C)c2ccccc2)c1. The zero-order valence-corrected chi connectivity index (χ0v) is 41.7. The maximum atomic E-state index is 7.10. The number of benzene rings is 7. The van der Waals surface area contributed by atoms with E-state index in [0.717, 1.165) is 61.9 Å². The van der Waals surface area contributed by atoms with Gasteiger partial charge in [0.25, 0.3) is 6.33 Å². The van der Waals surface area contributed by atoms with Crippen molar-refractivity contribution in [2.24, 2.45) is 0 Å². The van der Waals surface area contributed by atoms with E-state index in [-0.39, 0.29) is 21.7 Å². The summed E-state index contributed by atoms with van der Waals surface area (Å²) in [6, 6.07) is 65.3. The first kappa shape index (κ1) is 45.3. The molecule has 344 valence electrons. The molecule has 0 N–H and O–H groups in total. The lowest BCUT2D eigenvalue weighted by Crippen LogP contribution is -2.31. The summed E-state index contributed by atoms with van der Waals surface area (Å²) in [5.74, 6) is 2.35. The minimum Gasteiger partial charge on any atom is -0.458 e. The van der Waals surface area contributed by atoms with Crippen LogP contribution in [0.2, 0.25) is 0 Å². The molecule has 0 aliphatic rings. The van der Waals surface area contributed by atoms with Gasteiger partial charge in [-0.3, -0.25) is 13.7 Å². The van der Waals surface area contributed by atoms with Crippen LogP contribution in [0, 0.1) is 6.33 Å². The Kier molecular flexibility index (Phi) is 11.3. The summed E-state index contributed by atoms with van der Waals surface area (Å²) in [6.07, 6.45) is 8.02. The lowest BCUT2D eigenvalue weighted by Gasteiger charge is -2.30. The average Bonchev–Trinajstić information content (AvgIpc) is 3.94. The Morgan fingerprint density at radius 2 is 1.04 bits per heavy atom. The monoisotopic (exact) mass is 902 g/mol. The minimum atomic E-state index is -0.371. The summed E-state index contributed by atoms with van der Waals surface area (Å²) in [6.45, 7) is 22.8. The van der Waals surface area contributed by atoms with Gasteiger partial charge in [-0.2, -0.15) is 0 Å². The number of aromatic nitrogens is 4. The smallest absolute Gasteiger partial charge is 0.269 e. The molecule has 5 heteroatoms. The van der Waals surface area contributed by atoms with E-state index >= 15 is 0 Å². The largest absolute Gasteiger partial charge is 0.458 e. The minimum absolute atomic E-state index is 0.0313. The highest BCUT2D eigenvalue weighted by Gasteiger charge is 2.29. The number of pyridine rings is 1. The van der Waals surface area contributed by atoms with Crippen LogP contribution < -0.4 is 9.30 Å². The number of hydrogen-bond acceptors (Lipinski definition) is 2. The molecule has 0 bridgehead atoms. The molecule has 10 aromatic rings. The van der Waals surface area contributed by atoms with Crippen molar-refractivity contribution in [3.05, 3.63) is 234 Å². The second kappa shape index (κ2) is 17.2. The van der Waals surface area contributed by atoms with Gasteiger partial charge in [0.1, 0.15) is 17.3 Å². The van der Waals surface area contributed by atoms with Gasteiger partial charge in [-0.25, -0.2) is 4.98 Å². The highest BCUT2D eigenvalue weighted by Crippen LogP contribution is 2.41.